The van der Waals surface area contributed by atoms with Gasteiger partial charge in [-0.05, 0) is 13.0 Å². The number of rotatable bonds is 4. The van der Waals surface area contributed by atoms with Crippen molar-refractivity contribution in [1.29, 1.82) is 0 Å². The first-order chi connectivity index (χ1) is 9.91. The molecule has 1 aromatic carbocycles. The largest absolute Gasteiger partial charge is 0.393 e. The molecule has 0 aliphatic carbocycles. The van der Waals surface area contributed by atoms with Gasteiger partial charge in [-0.3, -0.25) is 14.9 Å². The first kappa shape index (κ1) is 14.9. The quantitative estimate of drug-likeness (QED) is 0.530. The number of nitro groups is 1. The minimum atomic E-state index is -0.598. The number of hydrogen-bond donors (Lipinski definition) is 1. The van der Waals surface area contributed by atoms with Gasteiger partial charge >= 0.3 is 0 Å². The molecule has 2 aromatic rings. The second-order valence-electron chi connectivity index (χ2n) is 4.52. The van der Waals surface area contributed by atoms with Crippen LogP contribution in [-0.4, -0.2) is 27.8 Å². The molecule has 0 fully saturated rings. The van der Waals surface area contributed by atoms with Crippen molar-refractivity contribution in [3.8, 4) is 0 Å². The maximum Gasteiger partial charge on any atom is 0.292 e. The number of nitrogens with zero attached hydrogens (tertiary/aromatic N) is 3. The average Bonchev–Trinajstić information content (AvgIpc) is 2.83. The van der Waals surface area contributed by atoms with Crippen molar-refractivity contribution in [2.24, 2.45) is 0 Å². The SMILES string of the molecule is Cc1ncsc1CN(C)C(=O)c1cccc([N+](=O)[O-])c1N. The Kier molecular flexibility index (Phi) is 4.18. The van der Waals surface area contributed by atoms with Gasteiger partial charge in [0.15, 0.2) is 0 Å². The lowest BCUT2D eigenvalue weighted by Crippen LogP contribution is -2.27. The van der Waals surface area contributed by atoms with Gasteiger partial charge in [-0.2, -0.15) is 0 Å². The van der Waals surface area contributed by atoms with E-state index in [-0.39, 0.29) is 22.8 Å². The Hall–Kier alpha value is -2.48. The molecule has 21 heavy (non-hydrogen) atoms. The maximum absolute atomic E-state index is 12.4. The van der Waals surface area contributed by atoms with Gasteiger partial charge in [0, 0.05) is 18.0 Å². The third kappa shape index (κ3) is 3.00. The molecule has 1 amide bonds. The lowest BCUT2D eigenvalue weighted by molar-refractivity contribution is -0.383. The van der Waals surface area contributed by atoms with Crippen molar-refractivity contribution in [2.75, 3.05) is 12.8 Å². The summed E-state index contributed by atoms with van der Waals surface area (Å²) >= 11 is 1.46. The summed E-state index contributed by atoms with van der Waals surface area (Å²) in [6, 6.07) is 4.22. The van der Waals surface area contributed by atoms with Crippen LogP contribution < -0.4 is 5.73 Å². The number of hydrogen-bond acceptors (Lipinski definition) is 6. The molecule has 1 aromatic heterocycles. The summed E-state index contributed by atoms with van der Waals surface area (Å²) in [5.41, 5.74) is 8.07. The van der Waals surface area contributed by atoms with Gasteiger partial charge in [0.2, 0.25) is 0 Å². The van der Waals surface area contributed by atoms with Gasteiger partial charge < -0.3 is 10.6 Å². The molecular weight excluding hydrogens is 292 g/mol. The van der Waals surface area contributed by atoms with Crippen molar-refractivity contribution in [1.82, 2.24) is 9.88 Å². The van der Waals surface area contributed by atoms with E-state index in [1.165, 1.54) is 34.4 Å². The van der Waals surface area contributed by atoms with Crippen LogP contribution in [0.3, 0.4) is 0 Å². The van der Waals surface area contributed by atoms with Crippen LogP contribution in [0.2, 0.25) is 0 Å². The van der Waals surface area contributed by atoms with E-state index < -0.39 is 4.92 Å². The van der Waals surface area contributed by atoms with Crippen molar-refractivity contribution in [3.63, 3.8) is 0 Å². The second-order valence-corrected chi connectivity index (χ2v) is 5.46. The molecule has 0 unspecified atom stereocenters. The topological polar surface area (TPSA) is 102 Å². The lowest BCUT2D eigenvalue weighted by atomic mass is 10.1. The second kappa shape index (κ2) is 5.88. The van der Waals surface area contributed by atoms with Crippen LogP contribution in [-0.2, 0) is 6.54 Å². The molecule has 7 nitrogen and oxygen atoms in total. The zero-order valence-corrected chi connectivity index (χ0v) is 12.4. The number of nitrogen functional groups attached to an aromatic ring is 1. The molecule has 8 heteroatoms. The third-order valence-electron chi connectivity index (χ3n) is 3.08. The number of aryl methyl sites for hydroxylation is 1. The molecule has 0 saturated carbocycles. The number of thiazole rings is 1. The fourth-order valence-electron chi connectivity index (χ4n) is 1.87. The molecule has 1 heterocycles. The van der Waals surface area contributed by atoms with Crippen LogP contribution in [0.4, 0.5) is 11.4 Å². The summed E-state index contributed by atoms with van der Waals surface area (Å²) in [6.07, 6.45) is 0. The van der Waals surface area contributed by atoms with E-state index in [1.807, 2.05) is 6.92 Å². The van der Waals surface area contributed by atoms with Crippen molar-refractivity contribution in [3.05, 3.63) is 50.0 Å². The molecule has 110 valence electrons. The van der Waals surface area contributed by atoms with Crippen LogP contribution in [0.25, 0.3) is 0 Å². The molecule has 0 radical (unpaired) electrons. The number of para-hydroxylation sites is 1. The monoisotopic (exact) mass is 306 g/mol. The lowest BCUT2D eigenvalue weighted by Gasteiger charge is -2.17. The molecule has 0 bridgehead atoms. The molecule has 0 spiro atoms. The maximum atomic E-state index is 12.4. The van der Waals surface area contributed by atoms with Gasteiger partial charge in [-0.1, -0.05) is 6.07 Å². The van der Waals surface area contributed by atoms with E-state index in [2.05, 4.69) is 4.98 Å². The minimum absolute atomic E-state index is 0.111. The third-order valence-corrected chi connectivity index (χ3v) is 4.00. The Balaban J connectivity index is 2.26. The first-order valence-corrected chi connectivity index (χ1v) is 6.97. The van der Waals surface area contributed by atoms with Crippen LogP contribution in [0.5, 0.6) is 0 Å². The molecular formula is C13H14N4O3S. The fourth-order valence-corrected chi connectivity index (χ4v) is 2.70. The Morgan fingerprint density at radius 1 is 1.52 bits per heavy atom. The summed E-state index contributed by atoms with van der Waals surface area (Å²) in [6.45, 7) is 2.25. The van der Waals surface area contributed by atoms with E-state index in [0.29, 0.717) is 6.54 Å². The molecule has 0 saturated heterocycles. The van der Waals surface area contributed by atoms with E-state index >= 15 is 0 Å². The molecule has 2 rings (SSSR count). The van der Waals surface area contributed by atoms with Gasteiger partial charge in [-0.25, -0.2) is 4.98 Å². The van der Waals surface area contributed by atoms with Crippen LogP contribution in [0.1, 0.15) is 20.9 Å². The normalized spacial score (nSPS) is 10.4. The van der Waals surface area contributed by atoms with Crippen LogP contribution in [0.15, 0.2) is 23.7 Å². The van der Waals surface area contributed by atoms with E-state index in [1.54, 1.807) is 12.6 Å². The van der Waals surface area contributed by atoms with E-state index in [9.17, 15) is 14.9 Å². The number of aromatic nitrogens is 1. The van der Waals surface area contributed by atoms with Crippen LogP contribution in [0, 0.1) is 17.0 Å². The summed E-state index contributed by atoms with van der Waals surface area (Å²) in [4.78, 5) is 29.2. The fraction of sp³-hybridized carbons (Fsp3) is 0.231. The summed E-state index contributed by atoms with van der Waals surface area (Å²) in [5.74, 6) is -0.357. The van der Waals surface area contributed by atoms with Gasteiger partial charge in [0.05, 0.1) is 28.2 Å². The predicted molar refractivity (Wildman–Crippen MR) is 80.2 cm³/mol. The van der Waals surface area contributed by atoms with Crippen LogP contribution >= 0.6 is 11.3 Å². The molecule has 0 atom stereocenters. The summed E-state index contributed by atoms with van der Waals surface area (Å²) in [5, 5.41) is 10.9. The Labute approximate surface area is 125 Å². The van der Waals surface area contributed by atoms with Gasteiger partial charge in [0.25, 0.3) is 11.6 Å². The highest BCUT2D eigenvalue weighted by molar-refractivity contribution is 7.09. The number of benzene rings is 1. The number of nitrogens with two attached hydrogens (primary N) is 1. The Morgan fingerprint density at radius 3 is 2.81 bits per heavy atom. The van der Waals surface area contributed by atoms with Gasteiger partial charge in [0.1, 0.15) is 5.69 Å². The highest BCUT2D eigenvalue weighted by atomic mass is 32.1. The average molecular weight is 306 g/mol. The standard InChI is InChI=1S/C13H14N4O3S/c1-8-11(21-7-15-8)6-16(2)13(18)9-4-3-5-10(12(9)14)17(19)20/h3-5,7H,6,14H2,1-2H3. The number of amides is 1. The van der Waals surface area contributed by atoms with E-state index in [0.717, 1.165) is 10.6 Å². The van der Waals surface area contributed by atoms with E-state index in [4.69, 9.17) is 5.73 Å². The Bertz CT molecular complexity index is 698. The van der Waals surface area contributed by atoms with Crippen molar-refractivity contribution >= 4 is 28.6 Å². The zero-order chi connectivity index (χ0) is 15.6. The highest BCUT2D eigenvalue weighted by Gasteiger charge is 2.22. The van der Waals surface area contributed by atoms with Crippen molar-refractivity contribution in [2.45, 2.75) is 13.5 Å². The number of anilines is 1. The highest BCUT2D eigenvalue weighted by Crippen LogP contribution is 2.26. The smallest absolute Gasteiger partial charge is 0.292 e. The summed E-state index contributed by atoms with van der Waals surface area (Å²) < 4.78 is 0. The predicted octanol–water partition coefficient (Wildman–Crippen LogP) is 2.21. The molecule has 0 aliphatic heterocycles. The Morgan fingerprint density at radius 2 is 2.24 bits per heavy atom. The molecule has 0 aliphatic rings. The minimum Gasteiger partial charge on any atom is -0.393 e. The first-order valence-electron chi connectivity index (χ1n) is 6.09. The number of carbonyl (C=O) groups is 1. The zero-order valence-electron chi connectivity index (χ0n) is 11.6. The summed E-state index contributed by atoms with van der Waals surface area (Å²) in [7, 11) is 1.62. The molecule has 2 N–H and O–H groups in total. The number of carbonyl (C=O) groups excluding carboxylic acids is 1. The van der Waals surface area contributed by atoms with Crippen molar-refractivity contribution < 1.29 is 9.72 Å². The number of nitro benzene ring substituents is 1. The van der Waals surface area contributed by atoms with Gasteiger partial charge in [-0.15, -0.1) is 11.3 Å².